The van der Waals surface area contributed by atoms with Crippen molar-refractivity contribution in [2.45, 2.75) is 65.5 Å². The number of rotatable bonds is 13. The van der Waals surface area contributed by atoms with Gasteiger partial charge < -0.3 is 19.9 Å². The first kappa shape index (κ1) is 33.1. The second kappa shape index (κ2) is 15.3. The number of halogens is 1. The van der Waals surface area contributed by atoms with Crippen molar-refractivity contribution in [3.63, 3.8) is 0 Å². The quantitative estimate of drug-likeness (QED) is 0.206. The van der Waals surface area contributed by atoms with E-state index in [0.29, 0.717) is 53.9 Å². The standard InChI is InChI=1S/C36H44FN5O3Si/c1-4-6-18-40(19-7-5-2)36(45)32-20-25(3)42(38-32)33-17-16-28(39-46-34-15-11-10-14-31(34)37)22-30(33)35(44)41-23-27-13-9-8-12-26(27)21-29(41)24-43/h8-17,20,22,29,39,43H,4-7,18-19,21,23-24,46H2,1-3H3. The number of hydrogen-bond acceptors (Lipinski definition) is 5. The maximum absolute atomic E-state index is 14.5. The van der Waals surface area contributed by atoms with Gasteiger partial charge in [0.15, 0.2) is 15.4 Å². The molecule has 242 valence electrons. The molecule has 1 aliphatic rings. The highest BCUT2D eigenvalue weighted by Crippen LogP contribution is 2.29. The third kappa shape index (κ3) is 7.40. The summed E-state index contributed by atoms with van der Waals surface area (Å²) >= 11 is 0. The Morgan fingerprint density at radius 2 is 1.70 bits per heavy atom. The lowest BCUT2D eigenvalue weighted by atomic mass is 9.93. The van der Waals surface area contributed by atoms with Crippen LogP contribution >= 0.6 is 0 Å². The van der Waals surface area contributed by atoms with Crippen molar-refractivity contribution in [2.24, 2.45) is 0 Å². The molecule has 5 rings (SSSR count). The van der Waals surface area contributed by atoms with E-state index in [1.54, 1.807) is 33.8 Å². The van der Waals surface area contributed by atoms with Crippen LogP contribution in [0.15, 0.2) is 72.8 Å². The minimum Gasteiger partial charge on any atom is -0.412 e. The van der Waals surface area contributed by atoms with E-state index in [9.17, 15) is 19.1 Å². The lowest BCUT2D eigenvalue weighted by Crippen LogP contribution is -2.46. The predicted octanol–water partition coefficient (Wildman–Crippen LogP) is 4.74. The van der Waals surface area contributed by atoms with Gasteiger partial charge in [-0.2, -0.15) is 5.10 Å². The van der Waals surface area contributed by atoms with E-state index in [4.69, 9.17) is 5.10 Å². The monoisotopic (exact) mass is 641 g/mol. The van der Waals surface area contributed by atoms with E-state index in [1.807, 2.05) is 54.3 Å². The Labute approximate surface area is 273 Å². The fourth-order valence-electron chi connectivity index (χ4n) is 5.98. The van der Waals surface area contributed by atoms with Gasteiger partial charge in [0.1, 0.15) is 5.82 Å². The van der Waals surface area contributed by atoms with Gasteiger partial charge in [-0.25, -0.2) is 9.07 Å². The molecule has 1 aromatic heterocycles. The Hall–Kier alpha value is -4.28. The maximum atomic E-state index is 14.5. The van der Waals surface area contributed by atoms with Crippen LogP contribution in [0.2, 0.25) is 0 Å². The molecule has 10 heteroatoms. The average Bonchev–Trinajstić information content (AvgIpc) is 3.47. The first-order valence-electron chi connectivity index (χ1n) is 16.3. The summed E-state index contributed by atoms with van der Waals surface area (Å²) in [6, 6.07) is 21.6. The van der Waals surface area contributed by atoms with Crippen molar-refractivity contribution in [3.05, 3.63) is 107 Å². The SMILES string of the molecule is CCCCN(CCCC)C(=O)c1cc(C)n(-c2ccc(N[SiH2]c3ccccc3F)cc2C(=O)N2Cc3ccccc3CC2CO)n1. The number of aliphatic hydroxyl groups is 1. The number of aryl methyl sites for hydroxylation is 1. The van der Waals surface area contributed by atoms with Gasteiger partial charge in [0, 0.05) is 31.0 Å². The van der Waals surface area contributed by atoms with Gasteiger partial charge in [-0.1, -0.05) is 69.2 Å². The maximum Gasteiger partial charge on any atom is 0.274 e. The van der Waals surface area contributed by atoms with Crippen LogP contribution in [0.1, 0.15) is 77.2 Å². The molecule has 3 aromatic carbocycles. The molecule has 2 N–H and O–H groups in total. The fourth-order valence-corrected chi connectivity index (χ4v) is 7.14. The van der Waals surface area contributed by atoms with Crippen molar-refractivity contribution in [2.75, 3.05) is 24.7 Å². The number of aromatic nitrogens is 2. The largest absolute Gasteiger partial charge is 0.412 e. The topological polar surface area (TPSA) is 90.7 Å². The highest BCUT2D eigenvalue weighted by atomic mass is 28.2. The molecule has 4 aromatic rings. The molecule has 0 radical (unpaired) electrons. The van der Waals surface area contributed by atoms with Crippen molar-refractivity contribution in [3.8, 4) is 5.69 Å². The van der Waals surface area contributed by atoms with Crippen molar-refractivity contribution in [1.29, 1.82) is 0 Å². The third-order valence-corrected chi connectivity index (χ3v) is 10.2. The summed E-state index contributed by atoms with van der Waals surface area (Å²) in [5.74, 6) is -0.600. The normalized spacial score (nSPS) is 14.5. The molecule has 1 atom stereocenters. The zero-order valence-electron chi connectivity index (χ0n) is 27.0. The van der Waals surface area contributed by atoms with E-state index in [-0.39, 0.29) is 30.3 Å². The number of hydrogen-bond donors (Lipinski definition) is 2. The summed E-state index contributed by atoms with van der Waals surface area (Å²) in [4.78, 5) is 35.1. The second-order valence-electron chi connectivity index (χ2n) is 12.0. The molecule has 2 amide bonds. The van der Waals surface area contributed by atoms with Gasteiger partial charge >= 0.3 is 0 Å². The number of amides is 2. The molecule has 0 saturated carbocycles. The lowest BCUT2D eigenvalue weighted by Gasteiger charge is -2.36. The van der Waals surface area contributed by atoms with Gasteiger partial charge in [0.05, 0.1) is 23.9 Å². The van der Waals surface area contributed by atoms with Crippen LogP contribution in [0.5, 0.6) is 0 Å². The second-order valence-corrected chi connectivity index (χ2v) is 13.5. The first-order valence-corrected chi connectivity index (χ1v) is 17.7. The zero-order chi connectivity index (χ0) is 32.6. The zero-order valence-corrected chi connectivity index (χ0v) is 28.4. The molecule has 0 aliphatic carbocycles. The van der Waals surface area contributed by atoms with Crippen LogP contribution in [0.25, 0.3) is 5.69 Å². The number of nitrogens with one attached hydrogen (secondary N) is 1. The number of fused-ring (bicyclic) bond motifs is 1. The molecule has 8 nitrogen and oxygen atoms in total. The molecule has 0 saturated heterocycles. The van der Waals surface area contributed by atoms with E-state index in [0.717, 1.165) is 42.5 Å². The Balaban J connectivity index is 1.52. The number of carbonyl (C=O) groups is 2. The van der Waals surface area contributed by atoms with E-state index >= 15 is 0 Å². The van der Waals surface area contributed by atoms with Gasteiger partial charge in [0.25, 0.3) is 11.8 Å². The predicted molar refractivity (Wildman–Crippen MR) is 183 cm³/mol. The van der Waals surface area contributed by atoms with E-state index in [1.165, 1.54) is 6.07 Å². The van der Waals surface area contributed by atoms with Crippen molar-refractivity contribution in [1.82, 2.24) is 19.6 Å². The smallest absolute Gasteiger partial charge is 0.274 e. The molecule has 0 spiro atoms. The fraction of sp³-hybridized carbons (Fsp3) is 0.361. The summed E-state index contributed by atoms with van der Waals surface area (Å²) in [5, 5.41) is 15.8. The molecule has 0 bridgehead atoms. The van der Waals surface area contributed by atoms with Crippen LogP contribution in [0.3, 0.4) is 0 Å². The minimum atomic E-state index is -1.23. The number of anilines is 1. The summed E-state index contributed by atoms with van der Waals surface area (Å²) in [6.07, 6.45) is 4.37. The van der Waals surface area contributed by atoms with E-state index in [2.05, 4.69) is 18.8 Å². The summed E-state index contributed by atoms with van der Waals surface area (Å²) in [6.45, 7) is 7.65. The summed E-state index contributed by atoms with van der Waals surface area (Å²) in [5.41, 5.74) is 4.88. The van der Waals surface area contributed by atoms with Crippen LogP contribution in [-0.4, -0.2) is 71.9 Å². The number of benzene rings is 3. The number of aliphatic hydroxyl groups excluding tert-OH is 1. The Morgan fingerprint density at radius 3 is 2.39 bits per heavy atom. The molecule has 46 heavy (non-hydrogen) atoms. The highest BCUT2D eigenvalue weighted by Gasteiger charge is 2.32. The highest BCUT2D eigenvalue weighted by molar-refractivity contribution is 6.57. The van der Waals surface area contributed by atoms with Crippen LogP contribution in [-0.2, 0) is 13.0 Å². The van der Waals surface area contributed by atoms with Gasteiger partial charge in [0.2, 0.25) is 0 Å². The summed E-state index contributed by atoms with van der Waals surface area (Å²) < 4.78 is 16.1. The lowest BCUT2D eigenvalue weighted by molar-refractivity contribution is 0.0544. The number of unbranched alkanes of at least 4 members (excludes halogenated alkanes) is 2. The molecular weight excluding hydrogens is 598 g/mol. The molecule has 2 heterocycles. The average molecular weight is 642 g/mol. The van der Waals surface area contributed by atoms with Crippen molar-refractivity contribution >= 4 is 32.4 Å². The molecule has 1 unspecified atom stereocenters. The van der Waals surface area contributed by atoms with Crippen LogP contribution < -0.4 is 10.2 Å². The minimum absolute atomic E-state index is 0.112. The molecule has 0 fully saturated rings. The summed E-state index contributed by atoms with van der Waals surface area (Å²) in [7, 11) is -1.23. The first-order chi connectivity index (χ1) is 22.3. The molecule has 1 aliphatic heterocycles. The number of nitrogens with zero attached hydrogens (tertiary/aromatic N) is 4. The Morgan fingerprint density at radius 1 is 1.00 bits per heavy atom. The Kier molecular flexibility index (Phi) is 11.0. The van der Waals surface area contributed by atoms with Crippen LogP contribution in [0.4, 0.5) is 10.1 Å². The number of carbonyl (C=O) groups excluding carboxylic acids is 2. The third-order valence-electron chi connectivity index (χ3n) is 8.68. The Bertz CT molecular complexity index is 1670. The van der Waals surface area contributed by atoms with Gasteiger partial charge in [-0.05, 0) is 72.8 Å². The van der Waals surface area contributed by atoms with Gasteiger partial charge in [-0.15, -0.1) is 0 Å². The van der Waals surface area contributed by atoms with Gasteiger partial charge in [-0.3, -0.25) is 9.59 Å². The van der Waals surface area contributed by atoms with E-state index < -0.39 is 9.68 Å². The molecular formula is C36H44FN5O3Si. The van der Waals surface area contributed by atoms with Crippen LogP contribution in [0, 0.1) is 12.7 Å². The van der Waals surface area contributed by atoms with Crippen molar-refractivity contribution < 1.29 is 19.1 Å².